The third-order valence-electron chi connectivity index (χ3n) is 3.34. The van der Waals surface area contributed by atoms with Gasteiger partial charge in [-0.05, 0) is 18.6 Å². The van der Waals surface area contributed by atoms with Crippen molar-refractivity contribution in [3.63, 3.8) is 0 Å². The van der Waals surface area contributed by atoms with Gasteiger partial charge in [-0.2, -0.15) is 0 Å². The largest absolute Gasteiger partial charge is 0.356 e. The van der Waals surface area contributed by atoms with Gasteiger partial charge in [-0.3, -0.25) is 9.59 Å². The monoisotopic (exact) mass is 299 g/mol. The molecule has 0 saturated heterocycles. The van der Waals surface area contributed by atoms with Gasteiger partial charge in [-0.25, -0.2) is 4.39 Å². The second-order valence-corrected chi connectivity index (χ2v) is 4.93. The summed E-state index contributed by atoms with van der Waals surface area (Å²) in [5, 5.41) is 2.66. The van der Waals surface area contributed by atoms with E-state index in [0.29, 0.717) is 17.7 Å². The summed E-state index contributed by atoms with van der Waals surface area (Å²) in [6, 6.07) is 13.3. The average Bonchev–Trinajstić information content (AvgIpc) is 2.53. The summed E-state index contributed by atoms with van der Waals surface area (Å²) in [6.07, 6.45) is 0.354. The molecule has 0 saturated carbocycles. The molecule has 0 spiro atoms. The zero-order chi connectivity index (χ0) is 15.9. The van der Waals surface area contributed by atoms with Crippen molar-refractivity contribution in [1.29, 1.82) is 0 Å². The number of halogens is 1. The maximum absolute atomic E-state index is 13.7. The smallest absolute Gasteiger partial charge is 0.220 e. The number of amides is 1. The van der Waals surface area contributed by atoms with Crippen molar-refractivity contribution < 1.29 is 14.0 Å². The lowest BCUT2D eigenvalue weighted by Crippen LogP contribution is -2.23. The fourth-order valence-corrected chi connectivity index (χ4v) is 2.19. The van der Waals surface area contributed by atoms with Crippen LogP contribution < -0.4 is 5.32 Å². The van der Waals surface area contributed by atoms with Crippen molar-refractivity contribution in [3.8, 4) is 11.1 Å². The molecule has 22 heavy (non-hydrogen) atoms. The molecule has 0 aliphatic carbocycles. The molecule has 0 heterocycles. The van der Waals surface area contributed by atoms with Crippen molar-refractivity contribution in [1.82, 2.24) is 5.32 Å². The summed E-state index contributed by atoms with van der Waals surface area (Å²) in [6.45, 7) is 2.39. The van der Waals surface area contributed by atoms with E-state index in [0.717, 1.165) is 5.56 Å². The number of rotatable bonds is 6. The van der Waals surface area contributed by atoms with E-state index in [1.54, 1.807) is 42.5 Å². The minimum atomic E-state index is -0.294. The molecule has 114 valence electrons. The van der Waals surface area contributed by atoms with E-state index >= 15 is 0 Å². The molecule has 0 fully saturated rings. The Morgan fingerprint density at radius 2 is 1.68 bits per heavy atom. The SMILES string of the molecule is CCNC(=O)CCC(=O)c1ccc(-c2ccccc2F)cc1. The Hall–Kier alpha value is -2.49. The van der Waals surface area contributed by atoms with Crippen molar-refractivity contribution in [2.45, 2.75) is 19.8 Å². The Balaban J connectivity index is 2.04. The van der Waals surface area contributed by atoms with Crippen LogP contribution in [0.15, 0.2) is 48.5 Å². The molecule has 3 nitrogen and oxygen atoms in total. The minimum absolute atomic E-state index is 0.0914. The third-order valence-corrected chi connectivity index (χ3v) is 3.34. The van der Waals surface area contributed by atoms with Crippen LogP contribution in [0.25, 0.3) is 11.1 Å². The normalized spacial score (nSPS) is 10.3. The Labute approximate surface area is 129 Å². The van der Waals surface area contributed by atoms with Crippen molar-refractivity contribution in [2.24, 2.45) is 0 Å². The molecule has 2 rings (SSSR count). The second-order valence-electron chi connectivity index (χ2n) is 4.93. The molecular formula is C18H18FNO2. The summed E-state index contributed by atoms with van der Waals surface area (Å²) in [7, 11) is 0. The van der Waals surface area contributed by atoms with Gasteiger partial charge in [0, 0.05) is 30.5 Å². The second kappa shape index (κ2) is 7.50. The zero-order valence-electron chi connectivity index (χ0n) is 12.4. The summed E-state index contributed by atoms with van der Waals surface area (Å²) in [4.78, 5) is 23.4. The van der Waals surface area contributed by atoms with Gasteiger partial charge in [0.15, 0.2) is 5.78 Å². The Bertz CT molecular complexity index is 665. The van der Waals surface area contributed by atoms with Gasteiger partial charge < -0.3 is 5.32 Å². The van der Waals surface area contributed by atoms with Crippen LogP contribution in [-0.2, 0) is 4.79 Å². The predicted octanol–water partition coefficient (Wildman–Crippen LogP) is 3.59. The molecule has 0 aliphatic rings. The van der Waals surface area contributed by atoms with Crippen LogP contribution in [0.3, 0.4) is 0 Å². The number of ketones is 1. The molecular weight excluding hydrogens is 281 g/mol. The van der Waals surface area contributed by atoms with Gasteiger partial charge in [0.2, 0.25) is 5.91 Å². The summed E-state index contributed by atoms with van der Waals surface area (Å²) < 4.78 is 13.7. The minimum Gasteiger partial charge on any atom is -0.356 e. The first-order valence-electron chi connectivity index (χ1n) is 7.26. The van der Waals surface area contributed by atoms with E-state index in [4.69, 9.17) is 0 Å². The Morgan fingerprint density at radius 3 is 2.32 bits per heavy atom. The summed E-state index contributed by atoms with van der Waals surface area (Å²) >= 11 is 0. The number of Topliss-reactive ketones (excluding diaryl/α,β-unsaturated/α-hetero) is 1. The summed E-state index contributed by atoms with van der Waals surface area (Å²) in [5.74, 6) is -0.511. The first-order valence-corrected chi connectivity index (χ1v) is 7.26. The molecule has 2 aromatic carbocycles. The average molecular weight is 299 g/mol. The van der Waals surface area contributed by atoms with Gasteiger partial charge in [0.25, 0.3) is 0 Å². The van der Waals surface area contributed by atoms with E-state index in [-0.39, 0.29) is 30.3 Å². The topological polar surface area (TPSA) is 46.2 Å². The van der Waals surface area contributed by atoms with Crippen molar-refractivity contribution >= 4 is 11.7 Å². The molecule has 2 aromatic rings. The van der Waals surface area contributed by atoms with Gasteiger partial charge in [0.05, 0.1) is 0 Å². The molecule has 0 atom stereocenters. The maximum atomic E-state index is 13.7. The Kier molecular flexibility index (Phi) is 5.42. The quantitative estimate of drug-likeness (QED) is 0.829. The number of carbonyl (C=O) groups is 2. The van der Waals surface area contributed by atoms with Crippen molar-refractivity contribution in [2.75, 3.05) is 6.54 Å². The highest BCUT2D eigenvalue weighted by atomic mass is 19.1. The lowest BCUT2D eigenvalue weighted by Gasteiger charge is -2.05. The molecule has 0 radical (unpaired) electrons. The van der Waals surface area contributed by atoms with E-state index in [1.165, 1.54) is 6.07 Å². The van der Waals surface area contributed by atoms with E-state index < -0.39 is 0 Å². The molecule has 0 bridgehead atoms. The van der Waals surface area contributed by atoms with E-state index in [9.17, 15) is 14.0 Å². The molecule has 4 heteroatoms. The molecule has 1 amide bonds. The van der Waals surface area contributed by atoms with Gasteiger partial charge in [-0.1, -0.05) is 42.5 Å². The fourth-order valence-electron chi connectivity index (χ4n) is 2.19. The predicted molar refractivity (Wildman–Crippen MR) is 84.1 cm³/mol. The highest BCUT2D eigenvalue weighted by molar-refractivity contribution is 5.98. The van der Waals surface area contributed by atoms with Crippen LogP contribution >= 0.6 is 0 Å². The molecule has 0 aromatic heterocycles. The first kappa shape index (κ1) is 15.9. The number of hydrogen-bond donors (Lipinski definition) is 1. The Morgan fingerprint density at radius 1 is 1.00 bits per heavy atom. The number of carbonyl (C=O) groups excluding carboxylic acids is 2. The number of nitrogens with one attached hydrogen (secondary N) is 1. The van der Waals surface area contributed by atoms with Crippen LogP contribution in [0, 0.1) is 5.82 Å². The fraction of sp³-hybridized carbons (Fsp3) is 0.222. The van der Waals surface area contributed by atoms with E-state index in [1.807, 2.05) is 6.92 Å². The third kappa shape index (κ3) is 4.01. The summed E-state index contributed by atoms with van der Waals surface area (Å²) in [5.41, 5.74) is 1.76. The van der Waals surface area contributed by atoms with Gasteiger partial charge in [-0.15, -0.1) is 0 Å². The maximum Gasteiger partial charge on any atom is 0.220 e. The molecule has 0 unspecified atom stereocenters. The lowest BCUT2D eigenvalue weighted by molar-refractivity contribution is -0.120. The van der Waals surface area contributed by atoms with E-state index in [2.05, 4.69) is 5.32 Å². The first-order chi connectivity index (χ1) is 10.6. The molecule has 1 N–H and O–H groups in total. The van der Waals surface area contributed by atoms with Crippen molar-refractivity contribution in [3.05, 3.63) is 59.9 Å². The highest BCUT2D eigenvalue weighted by Crippen LogP contribution is 2.23. The van der Waals surface area contributed by atoms with Crippen LogP contribution in [0.1, 0.15) is 30.1 Å². The van der Waals surface area contributed by atoms with Gasteiger partial charge >= 0.3 is 0 Å². The van der Waals surface area contributed by atoms with Crippen LogP contribution in [-0.4, -0.2) is 18.2 Å². The molecule has 0 aliphatic heterocycles. The van der Waals surface area contributed by atoms with Crippen LogP contribution in [0.2, 0.25) is 0 Å². The van der Waals surface area contributed by atoms with Crippen LogP contribution in [0.5, 0.6) is 0 Å². The van der Waals surface area contributed by atoms with Crippen LogP contribution in [0.4, 0.5) is 4.39 Å². The number of benzene rings is 2. The number of hydrogen-bond acceptors (Lipinski definition) is 2. The standard InChI is InChI=1S/C18H18FNO2/c1-2-20-18(22)12-11-17(21)14-9-7-13(8-10-14)15-5-3-4-6-16(15)19/h3-10H,2,11-12H2,1H3,(H,20,22). The lowest BCUT2D eigenvalue weighted by atomic mass is 10.0. The zero-order valence-corrected chi connectivity index (χ0v) is 12.4. The highest BCUT2D eigenvalue weighted by Gasteiger charge is 2.10. The van der Waals surface area contributed by atoms with Gasteiger partial charge in [0.1, 0.15) is 5.82 Å².